The van der Waals surface area contributed by atoms with Crippen molar-refractivity contribution in [1.82, 2.24) is 0 Å². The molecule has 1 heterocycles. The Hall–Kier alpha value is -2.16. The number of allylic oxidation sites excluding steroid dienone is 3. The molecule has 16 heavy (non-hydrogen) atoms. The number of aliphatic carboxylic acids is 1. The highest BCUT2D eigenvalue weighted by Crippen LogP contribution is 2.29. The Morgan fingerprint density at radius 1 is 1.31 bits per heavy atom. The van der Waals surface area contributed by atoms with E-state index in [1.165, 1.54) is 6.08 Å². The summed E-state index contributed by atoms with van der Waals surface area (Å²) < 4.78 is 0. The standard InChI is InChI=1S/C13H11NO2/c1-9-6-7-10(8-13(15)16)11-4-2-3-5-12(11)14-9/h2-8H,1H3,(H,15,16). The third-order valence-corrected chi connectivity index (χ3v) is 2.29. The van der Waals surface area contributed by atoms with Crippen LogP contribution in [0.25, 0.3) is 5.57 Å². The van der Waals surface area contributed by atoms with E-state index in [0.717, 1.165) is 17.0 Å². The molecule has 1 aliphatic rings. The molecule has 1 aliphatic heterocycles. The van der Waals surface area contributed by atoms with Crippen molar-refractivity contribution in [2.45, 2.75) is 6.92 Å². The first-order valence-electron chi connectivity index (χ1n) is 4.94. The molecule has 2 rings (SSSR count). The fourth-order valence-corrected chi connectivity index (χ4v) is 1.60. The van der Waals surface area contributed by atoms with Crippen LogP contribution in [-0.2, 0) is 4.79 Å². The zero-order valence-electron chi connectivity index (χ0n) is 8.84. The number of aliphatic imine (C=N–C) groups is 1. The summed E-state index contributed by atoms with van der Waals surface area (Å²) in [6.07, 6.45) is 4.79. The average Bonchev–Trinajstić information content (AvgIpc) is 2.38. The van der Waals surface area contributed by atoms with Gasteiger partial charge < -0.3 is 5.11 Å². The molecule has 0 spiro atoms. The second kappa shape index (κ2) is 4.14. The Morgan fingerprint density at radius 3 is 2.81 bits per heavy atom. The second-order valence-corrected chi connectivity index (χ2v) is 3.54. The van der Waals surface area contributed by atoms with E-state index in [4.69, 9.17) is 5.11 Å². The molecule has 1 aromatic rings. The lowest BCUT2D eigenvalue weighted by Crippen LogP contribution is -1.90. The molecule has 0 atom stereocenters. The summed E-state index contributed by atoms with van der Waals surface area (Å²) in [6, 6.07) is 7.51. The van der Waals surface area contributed by atoms with E-state index >= 15 is 0 Å². The Balaban J connectivity index is 2.62. The number of hydrogen-bond donors (Lipinski definition) is 1. The third-order valence-electron chi connectivity index (χ3n) is 2.29. The lowest BCUT2D eigenvalue weighted by atomic mass is 10.0. The summed E-state index contributed by atoms with van der Waals surface area (Å²) in [4.78, 5) is 15.1. The highest BCUT2D eigenvalue weighted by Gasteiger charge is 2.08. The molecule has 3 nitrogen and oxygen atoms in total. The highest BCUT2D eigenvalue weighted by molar-refractivity contribution is 6.03. The third kappa shape index (κ3) is 2.08. The maximum atomic E-state index is 10.7. The number of hydrogen-bond acceptors (Lipinski definition) is 2. The van der Waals surface area contributed by atoms with E-state index in [-0.39, 0.29) is 0 Å². The first kappa shape index (κ1) is 10.4. The number of para-hydroxylation sites is 1. The number of carbonyl (C=O) groups is 1. The minimum Gasteiger partial charge on any atom is -0.478 e. The molecule has 0 amide bonds. The largest absolute Gasteiger partial charge is 0.478 e. The van der Waals surface area contributed by atoms with Crippen LogP contribution in [0, 0.1) is 0 Å². The summed E-state index contributed by atoms with van der Waals surface area (Å²) in [5.74, 6) is -0.950. The van der Waals surface area contributed by atoms with Crippen molar-refractivity contribution in [3.8, 4) is 0 Å². The van der Waals surface area contributed by atoms with Gasteiger partial charge in [0.15, 0.2) is 0 Å². The minimum atomic E-state index is -0.950. The van der Waals surface area contributed by atoms with Gasteiger partial charge in [-0.25, -0.2) is 4.79 Å². The maximum absolute atomic E-state index is 10.7. The van der Waals surface area contributed by atoms with E-state index in [1.54, 1.807) is 6.08 Å². The molecule has 0 unspecified atom stereocenters. The van der Waals surface area contributed by atoms with Crippen LogP contribution in [0.15, 0.2) is 47.5 Å². The summed E-state index contributed by atoms with van der Waals surface area (Å²) in [5.41, 5.74) is 3.18. The van der Waals surface area contributed by atoms with E-state index in [0.29, 0.717) is 5.57 Å². The fraction of sp³-hybridized carbons (Fsp3) is 0.0769. The summed E-state index contributed by atoms with van der Waals surface area (Å²) in [6.45, 7) is 1.89. The summed E-state index contributed by atoms with van der Waals surface area (Å²) >= 11 is 0. The smallest absolute Gasteiger partial charge is 0.328 e. The van der Waals surface area contributed by atoms with Crippen molar-refractivity contribution in [3.63, 3.8) is 0 Å². The van der Waals surface area contributed by atoms with Crippen LogP contribution in [0.2, 0.25) is 0 Å². The van der Waals surface area contributed by atoms with Crippen LogP contribution in [0.4, 0.5) is 5.69 Å². The normalized spacial score (nSPS) is 16.6. The molecular weight excluding hydrogens is 202 g/mol. The van der Waals surface area contributed by atoms with E-state index in [9.17, 15) is 4.79 Å². The zero-order valence-corrected chi connectivity index (χ0v) is 8.84. The van der Waals surface area contributed by atoms with Gasteiger partial charge in [-0.05, 0) is 24.6 Å². The molecular formula is C13H11NO2. The molecule has 0 bridgehead atoms. The number of rotatable bonds is 1. The molecule has 0 fully saturated rings. The van der Waals surface area contributed by atoms with Crippen LogP contribution < -0.4 is 0 Å². The lowest BCUT2D eigenvalue weighted by Gasteiger charge is -2.03. The molecule has 0 aliphatic carbocycles. The van der Waals surface area contributed by atoms with E-state index in [2.05, 4.69) is 4.99 Å². The van der Waals surface area contributed by atoms with Crippen molar-refractivity contribution in [3.05, 3.63) is 48.1 Å². The van der Waals surface area contributed by atoms with Crippen molar-refractivity contribution >= 4 is 22.9 Å². The Morgan fingerprint density at radius 2 is 2.06 bits per heavy atom. The summed E-state index contributed by atoms with van der Waals surface area (Å²) in [7, 11) is 0. The van der Waals surface area contributed by atoms with Crippen molar-refractivity contribution in [1.29, 1.82) is 0 Å². The quantitative estimate of drug-likeness (QED) is 0.729. The SMILES string of the molecule is CC1=Nc2ccccc2C(=CC(=O)O)C=C1. The molecule has 0 aromatic heterocycles. The number of carboxylic acids is 1. The fourth-order valence-electron chi connectivity index (χ4n) is 1.60. The predicted octanol–water partition coefficient (Wildman–Crippen LogP) is 2.82. The molecule has 1 aromatic carbocycles. The van der Waals surface area contributed by atoms with Gasteiger partial charge in [-0.2, -0.15) is 0 Å². The number of fused-ring (bicyclic) bond motifs is 1. The molecule has 0 radical (unpaired) electrons. The van der Waals surface area contributed by atoms with Gasteiger partial charge in [0.25, 0.3) is 0 Å². The number of nitrogens with zero attached hydrogens (tertiary/aromatic N) is 1. The first-order chi connectivity index (χ1) is 7.66. The summed E-state index contributed by atoms with van der Waals surface area (Å²) in [5, 5.41) is 8.80. The number of benzene rings is 1. The Bertz CT molecular complexity index is 524. The van der Waals surface area contributed by atoms with Crippen molar-refractivity contribution < 1.29 is 9.90 Å². The van der Waals surface area contributed by atoms with Crippen molar-refractivity contribution in [2.75, 3.05) is 0 Å². The average molecular weight is 213 g/mol. The van der Waals surface area contributed by atoms with Gasteiger partial charge in [0, 0.05) is 17.4 Å². The molecule has 0 saturated heterocycles. The van der Waals surface area contributed by atoms with Crippen LogP contribution in [-0.4, -0.2) is 16.8 Å². The van der Waals surface area contributed by atoms with Gasteiger partial charge in [0.1, 0.15) is 0 Å². The zero-order chi connectivity index (χ0) is 11.5. The van der Waals surface area contributed by atoms with Crippen LogP contribution in [0.5, 0.6) is 0 Å². The number of carboxylic acid groups (broad SMARTS) is 1. The van der Waals surface area contributed by atoms with Gasteiger partial charge in [0.05, 0.1) is 5.69 Å². The minimum absolute atomic E-state index is 0.670. The predicted molar refractivity (Wildman–Crippen MR) is 64.0 cm³/mol. The molecule has 80 valence electrons. The van der Waals surface area contributed by atoms with Gasteiger partial charge in [-0.3, -0.25) is 4.99 Å². The first-order valence-corrected chi connectivity index (χ1v) is 4.94. The molecule has 3 heteroatoms. The van der Waals surface area contributed by atoms with Crippen LogP contribution >= 0.6 is 0 Å². The topological polar surface area (TPSA) is 49.7 Å². The van der Waals surface area contributed by atoms with Crippen molar-refractivity contribution in [2.24, 2.45) is 4.99 Å². The molecule has 0 saturated carbocycles. The van der Waals surface area contributed by atoms with Crippen LogP contribution in [0.1, 0.15) is 12.5 Å². The van der Waals surface area contributed by atoms with Gasteiger partial charge in [-0.1, -0.05) is 24.3 Å². The van der Waals surface area contributed by atoms with E-state index < -0.39 is 5.97 Å². The Kier molecular flexibility index (Phi) is 2.68. The Labute approximate surface area is 93.5 Å². The highest BCUT2D eigenvalue weighted by atomic mass is 16.4. The molecule has 1 N–H and O–H groups in total. The van der Waals surface area contributed by atoms with Gasteiger partial charge in [-0.15, -0.1) is 0 Å². The van der Waals surface area contributed by atoms with Gasteiger partial charge >= 0.3 is 5.97 Å². The monoisotopic (exact) mass is 213 g/mol. The maximum Gasteiger partial charge on any atom is 0.328 e. The lowest BCUT2D eigenvalue weighted by molar-refractivity contribution is -0.131. The van der Waals surface area contributed by atoms with Crippen LogP contribution in [0.3, 0.4) is 0 Å². The van der Waals surface area contributed by atoms with Gasteiger partial charge in [0.2, 0.25) is 0 Å². The van der Waals surface area contributed by atoms with E-state index in [1.807, 2.05) is 37.3 Å². The second-order valence-electron chi connectivity index (χ2n) is 3.54.